The Morgan fingerprint density at radius 3 is 2.44 bits per heavy atom. The number of carbonyl (C=O) groups is 1. The predicted octanol–water partition coefficient (Wildman–Crippen LogP) is 4.93. The molecule has 8 heteroatoms. The number of rotatable bonds is 8. The van der Waals surface area contributed by atoms with Crippen LogP contribution in [0.3, 0.4) is 0 Å². The van der Waals surface area contributed by atoms with E-state index in [9.17, 15) is 4.79 Å². The van der Waals surface area contributed by atoms with E-state index in [1.54, 1.807) is 6.33 Å². The highest BCUT2D eigenvalue weighted by atomic mass is 35.5. The maximum Gasteiger partial charge on any atom is 0.227 e. The molecule has 3 atom stereocenters. The molecule has 1 aromatic carbocycles. The molecule has 212 valence electrons. The van der Waals surface area contributed by atoms with Crippen molar-refractivity contribution in [2.45, 2.75) is 102 Å². The SMILES string of the molecule is NC1CCN(C2CC2)C([C@@H](Cc2ccc(Cl)cc2)C(=O)N2CCC(Cn3cncn3)(C3CCCCC3)CC2)C1. The van der Waals surface area contributed by atoms with Gasteiger partial charge >= 0.3 is 0 Å². The molecule has 0 bridgehead atoms. The molecule has 2 aromatic rings. The van der Waals surface area contributed by atoms with Crippen LogP contribution in [0.4, 0.5) is 0 Å². The van der Waals surface area contributed by atoms with Crippen molar-refractivity contribution >= 4 is 17.5 Å². The first-order chi connectivity index (χ1) is 19.0. The summed E-state index contributed by atoms with van der Waals surface area (Å²) < 4.78 is 2.03. The van der Waals surface area contributed by atoms with Gasteiger partial charge in [-0.05, 0) is 86.8 Å². The summed E-state index contributed by atoms with van der Waals surface area (Å²) in [5, 5.41) is 5.22. The van der Waals surface area contributed by atoms with Crippen molar-refractivity contribution in [3.05, 3.63) is 47.5 Å². The monoisotopic (exact) mass is 552 g/mol. The van der Waals surface area contributed by atoms with Gasteiger partial charge in [-0.3, -0.25) is 14.4 Å². The molecule has 4 fully saturated rings. The van der Waals surface area contributed by atoms with Gasteiger partial charge in [-0.25, -0.2) is 4.98 Å². The molecule has 1 amide bonds. The number of halogens is 1. The molecule has 6 rings (SSSR count). The van der Waals surface area contributed by atoms with E-state index in [2.05, 4.69) is 32.0 Å². The maximum atomic E-state index is 14.5. The molecule has 4 aliphatic rings. The van der Waals surface area contributed by atoms with Crippen molar-refractivity contribution in [2.75, 3.05) is 19.6 Å². The number of aromatic nitrogens is 3. The molecule has 2 saturated heterocycles. The molecule has 1 aromatic heterocycles. The number of likely N-dealkylation sites (tertiary alicyclic amines) is 2. The van der Waals surface area contributed by atoms with E-state index in [0.717, 1.165) is 63.3 Å². The lowest BCUT2D eigenvalue weighted by Gasteiger charge is -2.49. The third kappa shape index (κ3) is 6.20. The highest BCUT2D eigenvalue weighted by Gasteiger charge is 2.47. The second-order valence-corrected chi connectivity index (χ2v) is 13.3. The van der Waals surface area contributed by atoms with Crippen LogP contribution < -0.4 is 5.73 Å². The van der Waals surface area contributed by atoms with Crippen LogP contribution >= 0.6 is 11.6 Å². The van der Waals surface area contributed by atoms with Gasteiger partial charge in [-0.2, -0.15) is 5.10 Å². The first-order valence-electron chi connectivity index (χ1n) is 15.4. The fourth-order valence-electron chi connectivity index (χ4n) is 8.02. The number of carbonyl (C=O) groups excluding carboxylic acids is 1. The summed E-state index contributed by atoms with van der Waals surface area (Å²) in [6, 6.07) is 9.11. The Morgan fingerprint density at radius 2 is 1.77 bits per heavy atom. The summed E-state index contributed by atoms with van der Waals surface area (Å²) in [4.78, 5) is 23.5. The first kappa shape index (κ1) is 27.2. The van der Waals surface area contributed by atoms with Crippen LogP contribution in [0.25, 0.3) is 0 Å². The highest BCUT2D eigenvalue weighted by molar-refractivity contribution is 6.30. The van der Waals surface area contributed by atoms with E-state index in [1.807, 2.05) is 23.1 Å². The Labute approximate surface area is 238 Å². The van der Waals surface area contributed by atoms with E-state index in [4.69, 9.17) is 17.3 Å². The fraction of sp³-hybridized carbons (Fsp3) is 0.710. The van der Waals surface area contributed by atoms with Crippen LogP contribution in [0.1, 0.15) is 76.2 Å². The first-order valence-corrected chi connectivity index (χ1v) is 15.8. The Morgan fingerprint density at radius 1 is 1.03 bits per heavy atom. The third-order valence-corrected chi connectivity index (χ3v) is 10.6. The average molecular weight is 553 g/mol. The van der Waals surface area contributed by atoms with Gasteiger partial charge in [0.2, 0.25) is 5.91 Å². The summed E-state index contributed by atoms with van der Waals surface area (Å²) in [6.07, 6.45) is 17.4. The minimum Gasteiger partial charge on any atom is -0.342 e. The van der Waals surface area contributed by atoms with Crippen molar-refractivity contribution < 1.29 is 4.79 Å². The second-order valence-electron chi connectivity index (χ2n) is 12.9. The lowest BCUT2D eigenvalue weighted by Crippen LogP contribution is -2.57. The molecule has 7 nitrogen and oxygen atoms in total. The van der Waals surface area contributed by atoms with Crippen LogP contribution in [0.5, 0.6) is 0 Å². The van der Waals surface area contributed by atoms with Crippen molar-refractivity contribution in [3.63, 3.8) is 0 Å². The molecule has 0 spiro atoms. The van der Waals surface area contributed by atoms with Crippen LogP contribution in [-0.4, -0.2) is 68.2 Å². The minimum atomic E-state index is -0.0735. The minimum absolute atomic E-state index is 0.0735. The molecule has 2 saturated carbocycles. The quantitative estimate of drug-likeness (QED) is 0.502. The van der Waals surface area contributed by atoms with Crippen molar-refractivity contribution in [1.82, 2.24) is 24.6 Å². The Kier molecular flexibility index (Phi) is 8.29. The number of hydrogen-bond acceptors (Lipinski definition) is 5. The van der Waals surface area contributed by atoms with Crippen molar-refractivity contribution in [2.24, 2.45) is 23.0 Å². The molecular weight excluding hydrogens is 508 g/mol. The zero-order chi connectivity index (χ0) is 26.8. The zero-order valence-corrected chi connectivity index (χ0v) is 24.0. The van der Waals surface area contributed by atoms with Gasteiger partial charge in [0.1, 0.15) is 12.7 Å². The molecule has 2 unspecified atom stereocenters. The van der Waals surface area contributed by atoms with Crippen molar-refractivity contribution in [1.29, 1.82) is 0 Å². The summed E-state index contributed by atoms with van der Waals surface area (Å²) in [6.45, 7) is 3.61. The fourth-order valence-corrected chi connectivity index (χ4v) is 8.14. The third-order valence-electron chi connectivity index (χ3n) is 10.4. The standard InChI is InChI=1S/C31H45ClN6O/c32-25-8-6-23(7-9-25)18-28(29-19-26(33)12-15-38(29)27-10-11-27)30(39)36-16-13-31(14-17-36,20-37-22-34-21-35-37)24-4-2-1-3-5-24/h6-9,21-22,24,26-29H,1-5,10-20,33H2/t26?,28-,29?/m1/s1. The number of nitrogens with zero attached hydrogens (tertiary/aromatic N) is 5. The lowest BCUT2D eigenvalue weighted by atomic mass is 9.63. The van der Waals surface area contributed by atoms with Gasteiger partial charge in [0.25, 0.3) is 0 Å². The van der Waals surface area contributed by atoms with E-state index < -0.39 is 0 Å². The van der Waals surface area contributed by atoms with E-state index in [1.165, 1.54) is 50.5 Å². The number of benzene rings is 1. The van der Waals surface area contributed by atoms with Crippen molar-refractivity contribution in [3.8, 4) is 0 Å². The molecule has 0 radical (unpaired) electrons. The van der Waals surface area contributed by atoms with Gasteiger partial charge in [-0.15, -0.1) is 0 Å². The molecule has 3 heterocycles. The number of amides is 1. The van der Waals surface area contributed by atoms with Gasteiger partial charge in [0.05, 0.1) is 5.92 Å². The highest BCUT2D eigenvalue weighted by Crippen LogP contribution is 2.47. The summed E-state index contributed by atoms with van der Waals surface area (Å²) in [7, 11) is 0. The number of piperidine rings is 2. The Bertz CT molecular complexity index is 1070. The molecule has 2 aliphatic carbocycles. The summed E-state index contributed by atoms with van der Waals surface area (Å²) >= 11 is 6.20. The smallest absolute Gasteiger partial charge is 0.227 e. The van der Waals surface area contributed by atoms with Crippen LogP contribution in [0, 0.1) is 17.3 Å². The average Bonchev–Trinajstić information content (AvgIpc) is 3.69. The zero-order valence-electron chi connectivity index (χ0n) is 23.3. The molecule has 39 heavy (non-hydrogen) atoms. The molecule has 2 N–H and O–H groups in total. The van der Waals surface area contributed by atoms with Crippen LogP contribution in [0.2, 0.25) is 5.02 Å². The second kappa shape index (κ2) is 11.9. The van der Waals surface area contributed by atoms with E-state index in [-0.39, 0.29) is 23.4 Å². The number of nitrogens with two attached hydrogens (primary N) is 1. The predicted molar refractivity (Wildman–Crippen MR) is 154 cm³/mol. The summed E-state index contributed by atoms with van der Waals surface area (Å²) in [5.41, 5.74) is 7.92. The lowest BCUT2D eigenvalue weighted by molar-refractivity contribution is -0.142. The summed E-state index contributed by atoms with van der Waals surface area (Å²) in [5.74, 6) is 0.961. The van der Waals surface area contributed by atoms with E-state index in [0.29, 0.717) is 17.9 Å². The largest absolute Gasteiger partial charge is 0.342 e. The van der Waals surface area contributed by atoms with Gasteiger partial charge in [0, 0.05) is 49.3 Å². The Hall–Kier alpha value is -1.96. The number of hydrogen-bond donors (Lipinski definition) is 1. The molecular formula is C31H45ClN6O. The topological polar surface area (TPSA) is 80.3 Å². The van der Waals surface area contributed by atoms with Gasteiger partial charge < -0.3 is 10.6 Å². The van der Waals surface area contributed by atoms with Gasteiger partial charge in [0.15, 0.2) is 0 Å². The maximum absolute atomic E-state index is 14.5. The Balaban J connectivity index is 1.22. The van der Waals surface area contributed by atoms with Crippen LogP contribution in [-0.2, 0) is 17.8 Å². The van der Waals surface area contributed by atoms with Gasteiger partial charge in [-0.1, -0.05) is 43.0 Å². The van der Waals surface area contributed by atoms with Crippen LogP contribution in [0.15, 0.2) is 36.9 Å². The normalized spacial score (nSPS) is 27.4. The van der Waals surface area contributed by atoms with E-state index >= 15 is 0 Å². The molecule has 2 aliphatic heterocycles.